The summed E-state index contributed by atoms with van der Waals surface area (Å²) in [5.41, 5.74) is 5.78. The molecule has 1 fully saturated rings. The maximum absolute atomic E-state index is 12.4. The Morgan fingerprint density at radius 1 is 1.32 bits per heavy atom. The number of halogens is 3. The molecule has 19 heavy (non-hydrogen) atoms. The van der Waals surface area contributed by atoms with E-state index in [9.17, 15) is 8.42 Å². The molecular weight excluding hydrogens is 375 g/mol. The van der Waals surface area contributed by atoms with Crippen LogP contribution < -0.4 is 5.73 Å². The normalized spacial score (nSPS) is 18.1. The highest BCUT2D eigenvalue weighted by atomic mass is 79.9. The Kier molecular flexibility index (Phi) is 6.10. The lowest BCUT2D eigenvalue weighted by Gasteiger charge is -2.29. The first-order valence-corrected chi connectivity index (χ1v) is 8.23. The molecular formula is C11H15BrCl2N2O2S. The van der Waals surface area contributed by atoms with Gasteiger partial charge in [-0.2, -0.15) is 4.31 Å². The Morgan fingerprint density at radius 3 is 2.42 bits per heavy atom. The number of hydrogen-bond acceptors (Lipinski definition) is 3. The van der Waals surface area contributed by atoms with Crippen molar-refractivity contribution in [1.29, 1.82) is 0 Å². The van der Waals surface area contributed by atoms with Gasteiger partial charge in [-0.1, -0.05) is 11.6 Å². The van der Waals surface area contributed by atoms with Gasteiger partial charge in [-0.05, 0) is 47.0 Å². The van der Waals surface area contributed by atoms with Crippen LogP contribution in [-0.4, -0.2) is 31.9 Å². The number of nitrogens with two attached hydrogens (primary N) is 1. The number of piperidine rings is 1. The minimum atomic E-state index is -3.44. The molecule has 0 aliphatic carbocycles. The molecule has 1 aromatic carbocycles. The van der Waals surface area contributed by atoms with Gasteiger partial charge in [0, 0.05) is 23.6 Å². The van der Waals surface area contributed by atoms with E-state index in [1.165, 1.54) is 16.4 Å². The Labute approximate surface area is 132 Å². The van der Waals surface area contributed by atoms with Crippen molar-refractivity contribution < 1.29 is 8.42 Å². The zero-order valence-electron chi connectivity index (χ0n) is 10.1. The summed E-state index contributed by atoms with van der Waals surface area (Å²) in [6.07, 6.45) is 1.40. The summed E-state index contributed by atoms with van der Waals surface area (Å²) < 4.78 is 26.8. The predicted molar refractivity (Wildman–Crippen MR) is 82.4 cm³/mol. The lowest BCUT2D eigenvalue weighted by Crippen LogP contribution is -2.42. The fourth-order valence-corrected chi connectivity index (χ4v) is 4.05. The lowest BCUT2D eigenvalue weighted by molar-refractivity contribution is 0.320. The molecule has 108 valence electrons. The maximum atomic E-state index is 12.4. The molecule has 0 atom stereocenters. The van der Waals surface area contributed by atoms with E-state index >= 15 is 0 Å². The van der Waals surface area contributed by atoms with Gasteiger partial charge in [-0.3, -0.25) is 0 Å². The summed E-state index contributed by atoms with van der Waals surface area (Å²) in [5, 5.41) is 0.495. The molecule has 0 unspecified atom stereocenters. The summed E-state index contributed by atoms with van der Waals surface area (Å²) in [4.78, 5) is 0.259. The second-order valence-electron chi connectivity index (χ2n) is 4.32. The SMILES string of the molecule is Cl.NC1CCN(S(=O)(=O)c2ccc(Cl)c(Br)c2)CC1. The first kappa shape index (κ1) is 17.2. The number of rotatable bonds is 2. The average Bonchev–Trinajstić information content (AvgIpc) is 2.33. The summed E-state index contributed by atoms with van der Waals surface area (Å²) in [6.45, 7) is 0.952. The van der Waals surface area contributed by atoms with Gasteiger partial charge in [-0.25, -0.2) is 8.42 Å². The zero-order valence-corrected chi connectivity index (χ0v) is 14.0. The molecule has 0 spiro atoms. The highest BCUT2D eigenvalue weighted by Crippen LogP contribution is 2.27. The Balaban J connectivity index is 0.00000180. The van der Waals surface area contributed by atoms with Crippen LogP contribution in [0.5, 0.6) is 0 Å². The largest absolute Gasteiger partial charge is 0.328 e. The van der Waals surface area contributed by atoms with Gasteiger partial charge < -0.3 is 5.73 Å². The molecule has 1 aliphatic heterocycles. The molecule has 4 nitrogen and oxygen atoms in total. The molecule has 2 N–H and O–H groups in total. The third kappa shape index (κ3) is 3.83. The number of benzene rings is 1. The Bertz CT molecular complexity index is 546. The standard InChI is InChI=1S/C11H14BrClN2O2S.ClH/c12-10-7-9(1-2-11(10)13)18(16,17)15-5-3-8(14)4-6-15;/h1-2,7-8H,3-6,14H2;1H. The molecule has 1 aromatic rings. The third-order valence-electron chi connectivity index (χ3n) is 3.03. The van der Waals surface area contributed by atoms with Crippen LogP contribution in [-0.2, 0) is 10.0 Å². The minimum Gasteiger partial charge on any atom is -0.328 e. The van der Waals surface area contributed by atoms with Crippen LogP contribution in [0.15, 0.2) is 27.6 Å². The quantitative estimate of drug-likeness (QED) is 0.845. The van der Waals surface area contributed by atoms with Crippen molar-refractivity contribution in [3.63, 3.8) is 0 Å². The number of nitrogens with zero attached hydrogens (tertiary/aromatic N) is 1. The molecule has 2 rings (SSSR count). The summed E-state index contributed by atoms with van der Waals surface area (Å²) in [6, 6.07) is 4.74. The molecule has 1 heterocycles. The molecule has 0 aromatic heterocycles. The van der Waals surface area contributed by atoms with Crippen molar-refractivity contribution in [1.82, 2.24) is 4.31 Å². The van der Waals surface area contributed by atoms with E-state index in [0.29, 0.717) is 35.4 Å². The summed E-state index contributed by atoms with van der Waals surface area (Å²) in [5.74, 6) is 0. The van der Waals surface area contributed by atoms with Crippen LogP contribution in [0.25, 0.3) is 0 Å². The molecule has 0 amide bonds. The second kappa shape index (κ2) is 6.74. The predicted octanol–water partition coefficient (Wildman–Crippen LogP) is 2.64. The Morgan fingerprint density at radius 2 is 1.89 bits per heavy atom. The highest BCUT2D eigenvalue weighted by molar-refractivity contribution is 9.10. The van der Waals surface area contributed by atoms with E-state index in [2.05, 4.69) is 15.9 Å². The fraction of sp³-hybridized carbons (Fsp3) is 0.455. The molecule has 8 heteroatoms. The van der Waals surface area contributed by atoms with Crippen molar-refractivity contribution >= 4 is 50.0 Å². The second-order valence-corrected chi connectivity index (χ2v) is 7.52. The van der Waals surface area contributed by atoms with Crippen molar-refractivity contribution in [2.45, 2.75) is 23.8 Å². The number of hydrogen-bond donors (Lipinski definition) is 1. The lowest BCUT2D eigenvalue weighted by atomic mass is 10.1. The zero-order chi connectivity index (χ0) is 13.3. The maximum Gasteiger partial charge on any atom is 0.243 e. The van der Waals surface area contributed by atoms with Gasteiger partial charge >= 0.3 is 0 Å². The van der Waals surface area contributed by atoms with Gasteiger partial charge in [-0.15, -0.1) is 12.4 Å². The molecule has 1 saturated heterocycles. The van der Waals surface area contributed by atoms with E-state index in [1.54, 1.807) is 6.07 Å². The van der Waals surface area contributed by atoms with Crippen molar-refractivity contribution in [2.24, 2.45) is 5.73 Å². The van der Waals surface area contributed by atoms with Gasteiger partial charge in [0.15, 0.2) is 0 Å². The van der Waals surface area contributed by atoms with Crippen LogP contribution >= 0.6 is 39.9 Å². The van der Waals surface area contributed by atoms with Crippen molar-refractivity contribution in [3.8, 4) is 0 Å². The third-order valence-corrected chi connectivity index (χ3v) is 6.14. The Hall–Kier alpha value is 0.150. The van der Waals surface area contributed by atoms with E-state index in [1.807, 2.05) is 0 Å². The topological polar surface area (TPSA) is 63.4 Å². The van der Waals surface area contributed by atoms with Gasteiger partial charge in [0.2, 0.25) is 10.0 Å². The van der Waals surface area contributed by atoms with Gasteiger partial charge in [0.25, 0.3) is 0 Å². The van der Waals surface area contributed by atoms with Crippen LogP contribution in [0.3, 0.4) is 0 Å². The van der Waals surface area contributed by atoms with Crippen LogP contribution in [0, 0.1) is 0 Å². The first-order chi connectivity index (χ1) is 8.41. The highest BCUT2D eigenvalue weighted by Gasteiger charge is 2.28. The smallest absolute Gasteiger partial charge is 0.243 e. The molecule has 0 saturated carbocycles. The van der Waals surface area contributed by atoms with Crippen molar-refractivity contribution in [2.75, 3.05) is 13.1 Å². The van der Waals surface area contributed by atoms with Crippen molar-refractivity contribution in [3.05, 3.63) is 27.7 Å². The van der Waals surface area contributed by atoms with Gasteiger partial charge in [0.05, 0.1) is 9.92 Å². The van der Waals surface area contributed by atoms with Crippen LogP contribution in [0.2, 0.25) is 5.02 Å². The summed E-state index contributed by atoms with van der Waals surface area (Å²) in [7, 11) is -3.44. The van der Waals surface area contributed by atoms with Crippen LogP contribution in [0.1, 0.15) is 12.8 Å². The number of sulfonamides is 1. The molecule has 1 aliphatic rings. The van der Waals surface area contributed by atoms with E-state index in [4.69, 9.17) is 17.3 Å². The molecule has 0 radical (unpaired) electrons. The first-order valence-electron chi connectivity index (χ1n) is 5.62. The summed E-state index contributed by atoms with van der Waals surface area (Å²) >= 11 is 9.10. The average molecular weight is 390 g/mol. The molecule has 0 bridgehead atoms. The fourth-order valence-electron chi connectivity index (χ4n) is 1.90. The van der Waals surface area contributed by atoms with E-state index in [0.717, 1.165) is 0 Å². The van der Waals surface area contributed by atoms with Gasteiger partial charge in [0.1, 0.15) is 0 Å². The van der Waals surface area contributed by atoms with E-state index < -0.39 is 10.0 Å². The monoisotopic (exact) mass is 388 g/mol. The van der Waals surface area contributed by atoms with Crippen LogP contribution in [0.4, 0.5) is 0 Å². The van der Waals surface area contributed by atoms with E-state index in [-0.39, 0.29) is 23.3 Å². The minimum absolute atomic E-state index is 0.